The van der Waals surface area contributed by atoms with Crippen molar-refractivity contribution in [1.82, 2.24) is 4.98 Å². The van der Waals surface area contributed by atoms with Crippen LogP contribution in [0.4, 0.5) is 0 Å². The summed E-state index contributed by atoms with van der Waals surface area (Å²) in [5.41, 5.74) is 7.67. The van der Waals surface area contributed by atoms with Gasteiger partial charge in [0.2, 0.25) is 0 Å². The minimum atomic E-state index is 0.954. The van der Waals surface area contributed by atoms with Gasteiger partial charge in [-0.2, -0.15) is 0 Å². The van der Waals surface area contributed by atoms with E-state index in [1.807, 2.05) is 12.3 Å². The van der Waals surface area contributed by atoms with E-state index in [4.69, 9.17) is 11.4 Å². The van der Waals surface area contributed by atoms with Crippen molar-refractivity contribution in [3.63, 3.8) is 0 Å². The topological polar surface area (TPSA) is 12.9 Å². The second kappa shape index (κ2) is 10.7. The first-order valence-corrected chi connectivity index (χ1v) is 15.6. The number of aromatic nitrogens is 1. The molecule has 1 nitrogen and oxygen atoms in total. The zero-order chi connectivity index (χ0) is 29.6. The number of thiophene rings is 1. The van der Waals surface area contributed by atoms with Crippen LogP contribution >= 0.6 is 11.3 Å². The van der Waals surface area contributed by atoms with Gasteiger partial charge in [0, 0.05) is 27.2 Å². The number of terminal acetylenes is 1. The highest BCUT2D eigenvalue weighted by Crippen LogP contribution is 2.43. The SMILES string of the molecule is C#Cc1c(/C(=C\C)c2ccccc2)sc2c(-c3cccc(-c4cc5c6ccccc6c6ccccc6c5cn4)c3)cccc12. The standard InChI is InChI=1S/C42H27NS/c1-3-30(27-14-6-5-7-15-27)41-31(4-2)37-23-13-22-32(42(37)44-41)28-16-12-17-29(24-28)40-25-38-35-20-10-8-18-33(35)34-19-9-11-21-36(34)39(38)26-43-40/h2-3,5-26H,1H3/b30-3-. The van der Waals surface area contributed by atoms with Gasteiger partial charge in [-0.05, 0) is 68.3 Å². The molecule has 2 heterocycles. The molecule has 8 aromatic rings. The Morgan fingerprint density at radius 3 is 1.95 bits per heavy atom. The second-order valence-electron chi connectivity index (χ2n) is 11.0. The molecule has 0 aliphatic rings. The Balaban J connectivity index is 1.29. The Morgan fingerprint density at radius 1 is 0.636 bits per heavy atom. The molecule has 0 spiro atoms. The van der Waals surface area contributed by atoms with Crippen LogP contribution in [0.1, 0.15) is 22.9 Å². The third-order valence-corrected chi connectivity index (χ3v) is 9.85. The lowest BCUT2D eigenvalue weighted by molar-refractivity contribution is 1.36. The monoisotopic (exact) mass is 577 g/mol. The van der Waals surface area contributed by atoms with Gasteiger partial charge >= 0.3 is 0 Å². The molecule has 0 amide bonds. The number of hydrogen-bond acceptors (Lipinski definition) is 2. The van der Waals surface area contributed by atoms with Crippen molar-refractivity contribution in [3.05, 3.63) is 156 Å². The van der Waals surface area contributed by atoms with Gasteiger partial charge in [0.15, 0.2) is 0 Å². The molecule has 6 aromatic carbocycles. The minimum absolute atomic E-state index is 0.954. The first kappa shape index (κ1) is 26.2. The summed E-state index contributed by atoms with van der Waals surface area (Å²) in [6.07, 6.45) is 10.4. The largest absolute Gasteiger partial charge is 0.256 e. The second-order valence-corrected chi connectivity index (χ2v) is 12.0. The zero-order valence-electron chi connectivity index (χ0n) is 24.2. The lowest BCUT2D eigenvalue weighted by Crippen LogP contribution is -1.89. The lowest BCUT2D eigenvalue weighted by atomic mass is 9.94. The molecule has 0 unspecified atom stereocenters. The fraction of sp³-hybridized carbons (Fsp3) is 0.0238. The van der Waals surface area contributed by atoms with E-state index in [9.17, 15) is 0 Å². The number of fused-ring (bicyclic) bond motifs is 7. The fourth-order valence-electron chi connectivity index (χ4n) is 6.53. The highest BCUT2D eigenvalue weighted by molar-refractivity contribution is 7.21. The molecule has 0 radical (unpaired) electrons. The van der Waals surface area contributed by atoms with Crippen molar-refractivity contribution in [1.29, 1.82) is 0 Å². The summed E-state index contributed by atoms with van der Waals surface area (Å²) in [7, 11) is 0. The Hall–Kier alpha value is -5.49. The van der Waals surface area contributed by atoms with Crippen LogP contribution in [0.15, 0.2) is 140 Å². The van der Waals surface area contributed by atoms with Crippen molar-refractivity contribution in [3.8, 4) is 34.7 Å². The molecule has 0 fully saturated rings. The maximum absolute atomic E-state index is 6.16. The Labute approximate surface area is 260 Å². The molecule has 2 aromatic heterocycles. The van der Waals surface area contributed by atoms with Crippen molar-refractivity contribution in [2.24, 2.45) is 0 Å². The fourth-order valence-corrected chi connectivity index (χ4v) is 7.93. The van der Waals surface area contributed by atoms with E-state index in [-0.39, 0.29) is 0 Å². The normalized spacial score (nSPS) is 11.9. The van der Waals surface area contributed by atoms with Gasteiger partial charge in [0.25, 0.3) is 0 Å². The summed E-state index contributed by atoms with van der Waals surface area (Å²) in [6, 6.07) is 45.2. The number of nitrogens with zero attached hydrogens (tertiary/aromatic N) is 1. The van der Waals surface area contributed by atoms with Gasteiger partial charge in [-0.25, -0.2) is 0 Å². The van der Waals surface area contributed by atoms with Crippen LogP contribution in [0, 0.1) is 12.3 Å². The third kappa shape index (κ3) is 4.14. The molecule has 0 saturated carbocycles. The molecule has 44 heavy (non-hydrogen) atoms. The molecule has 8 rings (SSSR count). The van der Waals surface area contributed by atoms with Crippen LogP contribution in [0.3, 0.4) is 0 Å². The first-order valence-electron chi connectivity index (χ1n) is 14.8. The highest BCUT2D eigenvalue weighted by Gasteiger charge is 2.18. The van der Waals surface area contributed by atoms with Gasteiger partial charge in [-0.1, -0.05) is 127 Å². The van der Waals surface area contributed by atoms with Crippen molar-refractivity contribution < 1.29 is 0 Å². The van der Waals surface area contributed by atoms with Crippen molar-refractivity contribution in [2.75, 3.05) is 0 Å². The van der Waals surface area contributed by atoms with Gasteiger partial charge in [0.1, 0.15) is 0 Å². The van der Waals surface area contributed by atoms with Crippen LogP contribution < -0.4 is 0 Å². The molecule has 0 N–H and O–H groups in total. The van der Waals surface area contributed by atoms with Crippen LogP contribution in [-0.2, 0) is 0 Å². The number of allylic oxidation sites excluding steroid dienone is 1. The molecule has 0 bridgehead atoms. The lowest BCUT2D eigenvalue weighted by Gasteiger charge is -2.12. The highest BCUT2D eigenvalue weighted by atomic mass is 32.1. The minimum Gasteiger partial charge on any atom is -0.256 e. The van der Waals surface area contributed by atoms with E-state index in [2.05, 4.69) is 140 Å². The van der Waals surface area contributed by atoms with Crippen LogP contribution in [0.2, 0.25) is 0 Å². The third-order valence-electron chi connectivity index (χ3n) is 8.58. The maximum Gasteiger partial charge on any atom is 0.0708 e. The molecule has 2 heteroatoms. The Kier molecular flexibility index (Phi) is 6.33. The van der Waals surface area contributed by atoms with Gasteiger partial charge in [0.05, 0.1) is 16.1 Å². The molecule has 0 saturated heterocycles. The van der Waals surface area contributed by atoms with Gasteiger partial charge in [-0.3, -0.25) is 4.98 Å². The number of rotatable bonds is 4. The summed E-state index contributed by atoms with van der Waals surface area (Å²) in [5, 5.41) is 8.52. The smallest absolute Gasteiger partial charge is 0.0708 e. The van der Waals surface area contributed by atoms with E-state index >= 15 is 0 Å². The quantitative estimate of drug-likeness (QED) is 0.150. The van der Waals surface area contributed by atoms with Crippen LogP contribution in [0.25, 0.3) is 70.4 Å². The summed E-state index contributed by atoms with van der Waals surface area (Å²) in [4.78, 5) is 6.13. The predicted molar refractivity (Wildman–Crippen MR) is 190 cm³/mol. The summed E-state index contributed by atoms with van der Waals surface area (Å²) < 4.78 is 1.20. The number of hydrogen-bond donors (Lipinski definition) is 0. The molecule has 0 aliphatic carbocycles. The van der Waals surface area contributed by atoms with Gasteiger partial charge in [-0.15, -0.1) is 17.8 Å². The zero-order valence-corrected chi connectivity index (χ0v) is 25.0. The van der Waals surface area contributed by atoms with Gasteiger partial charge < -0.3 is 0 Å². The van der Waals surface area contributed by atoms with E-state index in [0.29, 0.717) is 0 Å². The van der Waals surface area contributed by atoms with Crippen molar-refractivity contribution in [2.45, 2.75) is 6.92 Å². The van der Waals surface area contributed by atoms with E-state index in [1.165, 1.54) is 53.7 Å². The first-order chi connectivity index (χ1) is 21.7. The maximum atomic E-state index is 6.16. The van der Waals surface area contributed by atoms with Crippen LogP contribution in [0.5, 0.6) is 0 Å². The summed E-state index contributed by atoms with van der Waals surface area (Å²) in [6.45, 7) is 2.08. The molecule has 0 atom stereocenters. The van der Waals surface area contributed by atoms with Crippen LogP contribution in [-0.4, -0.2) is 4.98 Å². The predicted octanol–water partition coefficient (Wildman–Crippen LogP) is 11.5. The molecular weight excluding hydrogens is 551 g/mol. The Morgan fingerprint density at radius 2 is 1.25 bits per heavy atom. The van der Waals surface area contributed by atoms with E-state index in [0.717, 1.165) is 32.6 Å². The summed E-state index contributed by atoms with van der Waals surface area (Å²) >= 11 is 1.78. The number of benzene rings is 6. The molecule has 0 aliphatic heterocycles. The Bertz CT molecular complexity index is 2420. The summed E-state index contributed by atoms with van der Waals surface area (Å²) in [5.74, 6) is 3.02. The average molecular weight is 578 g/mol. The van der Waals surface area contributed by atoms with E-state index in [1.54, 1.807) is 11.3 Å². The molecular formula is C42H27NS. The number of pyridine rings is 1. The van der Waals surface area contributed by atoms with E-state index < -0.39 is 0 Å². The molecule has 206 valence electrons. The van der Waals surface area contributed by atoms with Crippen molar-refractivity contribution >= 4 is 59.3 Å². The average Bonchev–Trinajstić information content (AvgIpc) is 3.47.